The predicted octanol–water partition coefficient (Wildman–Crippen LogP) is 9.93. The monoisotopic (exact) mass is 422 g/mol. The van der Waals surface area contributed by atoms with E-state index in [9.17, 15) is 0 Å². The minimum Gasteiger partial charge on any atom is -0.102 e. The number of benzene rings is 1. The van der Waals surface area contributed by atoms with Crippen molar-refractivity contribution >= 4 is 0 Å². The molecule has 0 N–H and O–H groups in total. The van der Waals surface area contributed by atoms with Crippen molar-refractivity contribution in [3.05, 3.63) is 72.9 Å². The van der Waals surface area contributed by atoms with Gasteiger partial charge in [-0.2, -0.15) is 0 Å². The Labute approximate surface area is 194 Å². The first-order valence-electron chi connectivity index (χ1n) is 12.9. The summed E-state index contributed by atoms with van der Waals surface area (Å²) in [6.45, 7) is 22.1. The molecule has 174 valence electrons. The first-order valence-corrected chi connectivity index (χ1v) is 12.9. The van der Waals surface area contributed by atoms with E-state index in [0.29, 0.717) is 23.2 Å². The number of allylic oxidation sites excluding steroid dienone is 4. The highest BCUT2D eigenvalue weighted by molar-refractivity contribution is 5.27. The molecule has 1 aliphatic carbocycles. The zero-order chi connectivity index (χ0) is 23.3. The molecule has 0 spiro atoms. The zero-order valence-corrected chi connectivity index (χ0v) is 21.5. The SMILES string of the molecule is C=CC(C(=C)C1CCC(CC(C)CCC)(c2ccccc2)CC1)C(C)/C=C\C.CCC. The summed E-state index contributed by atoms with van der Waals surface area (Å²) >= 11 is 0. The molecule has 0 heterocycles. The zero-order valence-electron chi connectivity index (χ0n) is 21.5. The van der Waals surface area contributed by atoms with E-state index < -0.39 is 0 Å². The summed E-state index contributed by atoms with van der Waals surface area (Å²) in [5.41, 5.74) is 3.32. The molecule has 3 atom stereocenters. The van der Waals surface area contributed by atoms with Crippen LogP contribution in [0.2, 0.25) is 0 Å². The van der Waals surface area contributed by atoms with E-state index in [-0.39, 0.29) is 0 Å². The molecule has 0 aliphatic heterocycles. The van der Waals surface area contributed by atoms with Crippen molar-refractivity contribution in [2.24, 2.45) is 23.7 Å². The van der Waals surface area contributed by atoms with Crippen LogP contribution in [0.1, 0.15) is 98.5 Å². The van der Waals surface area contributed by atoms with Gasteiger partial charge in [0.25, 0.3) is 0 Å². The van der Waals surface area contributed by atoms with Crippen LogP contribution in [0.25, 0.3) is 0 Å². The molecule has 1 fully saturated rings. The van der Waals surface area contributed by atoms with E-state index in [1.54, 1.807) is 5.56 Å². The van der Waals surface area contributed by atoms with E-state index >= 15 is 0 Å². The maximum Gasteiger partial charge on any atom is 0.00343 e. The van der Waals surface area contributed by atoms with E-state index in [1.165, 1.54) is 56.9 Å². The van der Waals surface area contributed by atoms with Crippen molar-refractivity contribution in [1.82, 2.24) is 0 Å². The van der Waals surface area contributed by atoms with Crippen LogP contribution in [0.5, 0.6) is 0 Å². The Balaban J connectivity index is 0.00000151. The van der Waals surface area contributed by atoms with Crippen LogP contribution in [-0.2, 0) is 5.41 Å². The second kappa shape index (κ2) is 14.5. The van der Waals surface area contributed by atoms with Gasteiger partial charge in [0.2, 0.25) is 0 Å². The van der Waals surface area contributed by atoms with Crippen LogP contribution in [0.3, 0.4) is 0 Å². The van der Waals surface area contributed by atoms with Gasteiger partial charge in [-0.05, 0) is 67.8 Å². The number of hydrogen-bond acceptors (Lipinski definition) is 0. The second-order valence-corrected chi connectivity index (χ2v) is 9.95. The Morgan fingerprint density at radius 2 is 1.68 bits per heavy atom. The molecule has 0 saturated heterocycles. The Morgan fingerprint density at radius 1 is 1.10 bits per heavy atom. The lowest BCUT2D eigenvalue weighted by molar-refractivity contribution is 0.200. The van der Waals surface area contributed by atoms with Crippen LogP contribution in [-0.4, -0.2) is 0 Å². The Kier molecular flexibility index (Phi) is 12.8. The van der Waals surface area contributed by atoms with E-state index in [2.05, 4.69) is 103 Å². The molecule has 1 aromatic carbocycles. The van der Waals surface area contributed by atoms with Gasteiger partial charge in [0.1, 0.15) is 0 Å². The molecular formula is C31H50. The molecule has 0 aromatic heterocycles. The smallest absolute Gasteiger partial charge is 0.00343 e. The van der Waals surface area contributed by atoms with Crippen molar-refractivity contribution in [2.45, 2.75) is 98.3 Å². The normalized spacial score (nSPS) is 24.0. The van der Waals surface area contributed by atoms with Gasteiger partial charge in [0, 0.05) is 5.92 Å². The fourth-order valence-corrected chi connectivity index (χ4v) is 5.60. The Morgan fingerprint density at radius 3 is 2.16 bits per heavy atom. The summed E-state index contributed by atoms with van der Waals surface area (Å²) in [4.78, 5) is 0. The molecule has 0 nitrogen and oxygen atoms in total. The summed E-state index contributed by atoms with van der Waals surface area (Å²) in [6, 6.07) is 11.3. The highest BCUT2D eigenvalue weighted by atomic mass is 14.4. The maximum absolute atomic E-state index is 4.56. The van der Waals surface area contributed by atoms with Crippen molar-refractivity contribution in [2.75, 3.05) is 0 Å². The molecular weight excluding hydrogens is 372 g/mol. The van der Waals surface area contributed by atoms with Gasteiger partial charge in [-0.1, -0.05) is 115 Å². The Bertz CT molecular complexity index is 642. The fraction of sp³-hybridized carbons (Fsp3) is 0.613. The van der Waals surface area contributed by atoms with Gasteiger partial charge in [-0.25, -0.2) is 0 Å². The lowest BCUT2D eigenvalue weighted by atomic mass is 9.61. The summed E-state index contributed by atoms with van der Waals surface area (Å²) in [7, 11) is 0. The average Bonchev–Trinajstić information content (AvgIpc) is 2.76. The van der Waals surface area contributed by atoms with Gasteiger partial charge in [0.05, 0.1) is 0 Å². The van der Waals surface area contributed by atoms with Crippen LogP contribution in [0.15, 0.2) is 67.3 Å². The summed E-state index contributed by atoms with van der Waals surface area (Å²) in [5.74, 6) is 2.31. The molecule has 3 unspecified atom stereocenters. The average molecular weight is 423 g/mol. The third-order valence-electron chi connectivity index (χ3n) is 7.12. The molecule has 0 bridgehead atoms. The van der Waals surface area contributed by atoms with Crippen molar-refractivity contribution in [3.63, 3.8) is 0 Å². The number of rotatable bonds is 10. The quantitative estimate of drug-likeness (QED) is 0.329. The topological polar surface area (TPSA) is 0 Å². The molecule has 1 saturated carbocycles. The van der Waals surface area contributed by atoms with Crippen molar-refractivity contribution < 1.29 is 0 Å². The summed E-state index contributed by atoms with van der Waals surface area (Å²) < 4.78 is 0. The number of hydrogen-bond donors (Lipinski definition) is 0. The second-order valence-electron chi connectivity index (χ2n) is 9.95. The molecule has 1 aromatic rings. The van der Waals surface area contributed by atoms with Gasteiger partial charge in [-0.3, -0.25) is 0 Å². The lowest BCUT2D eigenvalue weighted by Gasteiger charge is -2.44. The summed E-state index contributed by atoms with van der Waals surface area (Å²) in [5, 5.41) is 0. The van der Waals surface area contributed by atoms with Crippen molar-refractivity contribution in [3.8, 4) is 0 Å². The molecule has 0 radical (unpaired) electrons. The third kappa shape index (κ3) is 8.13. The highest BCUT2D eigenvalue weighted by Gasteiger charge is 2.39. The molecule has 0 amide bonds. The minimum absolute atomic E-state index is 0.352. The van der Waals surface area contributed by atoms with Gasteiger partial charge in [0.15, 0.2) is 0 Å². The largest absolute Gasteiger partial charge is 0.102 e. The van der Waals surface area contributed by atoms with E-state index in [1.807, 2.05) is 0 Å². The third-order valence-corrected chi connectivity index (χ3v) is 7.12. The van der Waals surface area contributed by atoms with Gasteiger partial charge < -0.3 is 0 Å². The molecule has 0 heteroatoms. The van der Waals surface area contributed by atoms with Gasteiger partial charge >= 0.3 is 0 Å². The predicted molar refractivity (Wildman–Crippen MR) is 142 cm³/mol. The minimum atomic E-state index is 0.352. The first kappa shape index (κ1) is 27.5. The maximum atomic E-state index is 4.56. The highest BCUT2D eigenvalue weighted by Crippen LogP contribution is 2.49. The first-order chi connectivity index (χ1) is 14.9. The van der Waals surface area contributed by atoms with Gasteiger partial charge in [-0.15, -0.1) is 6.58 Å². The van der Waals surface area contributed by atoms with Crippen LogP contribution >= 0.6 is 0 Å². The van der Waals surface area contributed by atoms with Crippen LogP contribution < -0.4 is 0 Å². The fourth-order valence-electron chi connectivity index (χ4n) is 5.60. The van der Waals surface area contributed by atoms with E-state index in [0.717, 1.165) is 5.92 Å². The summed E-state index contributed by atoms with van der Waals surface area (Å²) in [6.07, 6.45) is 16.9. The molecule has 1 aliphatic rings. The Hall–Kier alpha value is -1.56. The van der Waals surface area contributed by atoms with E-state index in [4.69, 9.17) is 0 Å². The van der Waals surface area contributed by atoms with Crippen LogP contribution in [0.4, 0.5) is 0 Å². The molecule has 2 rings (SSSR count). The van der Waals surface area contributed by atoms with Crippen molar-refractivity contribution in [1.29, 1.82) is 0 Å². The standard InChI is InChI=1S/C28H42.C3H8/c1-7-13-22(4)21-28(26-15-11-10-12-16-26)19-17-25(18-20-28)24(6)27(9-3)23(5)14-8-2;1-3-2/h8-12,14-16,22-23,25,27H,3,6-7,13,17-21H2,1-2,4-5H3;3H2,1-2H3/b14-8-;. The lowest BCUT2D eigenvalue weighted by Crippen LogP contribution is -2.35. The van der Waals surface area contributed by atoms with Crippen LogP contribution in [0, 0.1) is 23.7 Å². The molecule has 31 heavy (non-hydrogen) atoms.